The van der Waals surface area contributed by atoms with Crippen LogP contribution < -0.4 is 5.32 Å². The zero-order valence-electron chi connectivity index (χ0n) is 14.5. The van der Waals surface area contributed by atoms with Gasteiger partial charge in [0, 0.05) is 41.5 Å². The van der Waals surface area contributed by atoms with Crippen molar-refractivity contribution < 1.29 is 24.6 Å². The lowest BCUT2D eigenvalue weighted by Gasteiger charge is -2.23. The Labute approximate surface area is 159 Å². The van der Waals surface area contributed by atoms with Crippen LogP contribution in [-0.2, 0) is 9.59 Å². The summed E-state index contributed by atoms with van der Waals surface area (Å²) in [6, 6.07) is 8.40. The highest BCUT2D eigenvalue weighted by Gasteiger charge is 2.38. The van der Waals surface area contributed by atoms with E-state index in [9.17, 15) is 14.4 Å². The first-order valence-electron chi connectivity index (χ1n) is 8.57. The molecule has 3 heterocycles. The second-order valence-electron chi connectivity index (χ2n) is 6.57. The number of carbonyl (C=O) groups excluding carboxylic acids is 1. The van der Waals surface area contributed by atoms with Crippen molar-refractivity contribution in [2.75, 3.05) is 19.6 Å². The maximum Gasteiger partial charge on any atom is 0.328 e. The largest absolute Gasteiger partial charge is 0.478 e. The van der Waals surface area contributed by atoms with Gasteiger partial charge in [0.25, 0.3) is 5.91 Å². The molecular weight excluding hydrogens is 368 g/mol. The topological polar surface area (TPSA) is 107 Å². The second kappa shape index (κ2) is 8.32. The Hall–Kier alpha value is -2.71. The molecule has 1 aromatic carbocycles. The van der Waals surface area contributed by atoms with Gasteiger partial charge in [-0.1, -0.05) is 6.07 Å². The number of carbonyl (C=O) groups is 3. The normalized spacial score (nSPS) is 23.2. The molecule has 2 unspecified atom stereocenters. The Bertz CT molecular complexity index is 875. The third-order valence-electron chi connectivity index (χ3n) is 4.74. The smallest absolute Gasteiger partial charge is 0.328 e. The number of hydrogen-bond acceptors (Lipinski definition) is 5. The number of carboxylic acid groups (broad SMARTS) is 2. The molecule has 142 valence electrons. The number of thiophene rings is 1. The summed E-state index contributed by atoms with van der Waals surface area (Å²) >= 11 is 1.69. The van der Waals surface area contributed by atoms with E-state index in [2.05, 4.69) is 21.7 Å². The average Bonchev–Trinajstić information content (AvgIpc) is 3.36. The fraction of sp³-hybridized carbons (Fsp3) is 0.316. The van der Waals surface area contributed by atoms with Crippen molar-refractivity contribution in [1.82, 2.24) is 10.2 Å². The summed E-state index contributed by atoms with van der Waals surface area (Å²) in [5, 5.41) is 22.1. The summed E-state index contributed by atoms with van der Waals surface area (Å²) in [5.74, 6) is -1.77. The summed E-state index contributed by atoms with van der Waals surface area (Å²) in [6.45, 7) is 3.39. The fourth-order valence-corrected chi connectivity index (χ4v) is 4.27. The van der Waals surface area contributed by atoms with Gasteiger partial charge >= 0.3 is 11.9 Å². The lowest BCUT2D eigenvalue weighted by atomic mass is 9.99. The maximum atomic E-state index is 12.3. The minimum atomic E-state index is -1.26. The quantitative estimate of drug-likeness (QED) is 0.692. The van der Waals surface area contributed by atoms with Gasteiger partial charge in [-0.05, 0) is 47.8 Å². The van der Waals surface area contributed by atoms with Crippen molar-refractivity contribution in [2.24, 2.45) is 5.92 Å². The number of carboxylic acids is 2. The van der Waals surface area contributed by atoms with E-state index in [0.717, 1.165) is 18.7 Å². The van der Waals surface area contributed by atoms with E-state index in [0.29, 0.717) is 24.1 Å². The Morgan fingerprint density at radius 3 is 2.44 bits per heavy atom. The van der Waals surface area contributed by atoms with Crippen LogP contribution in [0.1, 0.15) is 16.8 Å². The van der Waals surface area contributed by atoms with Crippen molar-refractivity contribution in [2.45, 2.75) is 12.5 Å². The minimum Gasteiger partial charge on any atom is -0.478 e. The van der Waals surface area contributed by atoms with Crippen LogP contribution in [-0.4, -0.2) is 58.6 Å². The molecule has 0 radical (unpaired) electrons. The van der Waals surface area contributed by atoms with Crippen LogP contribution in [0, 0.1) is 5.92 Å². The molecule has 1 amide bonds. The summed E-state index contributed by atoms with van der Waals surface area (Å²) in [4.78, 5) is 33.9. The van der Waals surface area contributed by atoms with Gasteiger partial charge in [-0.15, -0.1) is 11.3 Å². The standard InChI is InChI=1S/C15H16N2OS.C4H4O4/c18-15(16-13-9-17-5-3-12(13)8-17)11-2-1-10-4-6-19-14(10)7-11;5-3(6)1-2-4(7)8/h1-2,4,6-7,12-13H,3,5,8-9H2,(H,16,18);1-2H,(H,5,6)(H,7,8)/b;2-1+/t12-,13?;/m0./s1. The molecule has 2 bridgehead atoms. The van der Waals surface area contributed by atoms with Gasteiger partial charge in [0.2, 0.25) is 0 Å². The first kappa shape index (κ1) is 19.1. The third-order valence-corrected chi connectivity index (χ3v) is 5.62. The van der Waals surface area contributed by atoms with Gasteiger partial charge in [-0.25, -0.2) is 9.59 Å². The number of fused-ring (bicyclic) bond motifs is 3. The van der Waals surface area contributed by atoms with Crippen LogP contribution in [0.15, 0.2) is 41.8 Å². The molecule has 27 heavy (non-hydrogen) atoms. The molecular formula is C19H20N2O5S. The molecule has 2 aliphatic heterocycles. The number of benzene rings is 1. The first-order chi connectivity index (χ1) is 12.9. The molecule has 7 nitrogen and oxygen atoms in total. The lowest BCUT2D eigenvalue weighted by molar-refractivity contribution is -0.134. The summed E-state index contributed by atoms with van der Waals surface area (Å²) in [6.07, 6.45) is 2.35. The zero-order valence-corrected chi connectivity index (χ0v) is 15.3. The maximum absolute atomic E-state index is 12.3. The Balaban J connectivity index is 0.000000226. The van der Waals surface area contributed by atoms with Crippen molar-refractivity contribution in [3.05, 3.63) is 47.4 Å². The zero-order chi connectivity index (χ0) is 19.4. The average molecular weight is 388 g/mol. The van der Waals surface area contributed by atoms with E-state index in [1.165, 1.54) is 23.1 Å². The number of piperidine rings is 1. The SMILES string of the molecule is O=C(NC1CN2CC[C@H]1C2)c1ccc2ccsc2c1.O=C(O)/C=C/C(=O)O. The number of aliphatic carboxylic acids is 2. The molecule has 2 saturated heterocycles. The van der Waals surface area contributed by atoms with Crippen LogP contribution >= 0.6 is 11.3 Å². The number of nitrogens with zero attached hydrogens (tertiary/aromatic N) is 1. The molecule has 8 heteroatoms. The van der Waals surface area contributed by atoms with Crippen LogP contribution in [0.2, 0.25) is 0 Å². The highest BCUT2D eigenvalue weighted by Crippen LogP contribution is 2.28. The Morgan fingerprint density at radius 1 is 1.11 bits per heavy atom. The van der Waals surface area contributed by atoms with Crippen LogP contribution in [0.4, 0.5) is 0 Å². The molecule has 3 N–H and O–H groups in total. The van der Waals surface area contributed by atoms with E-state index in [-0.39, 0.29) is 5.91 Å². The van der Waals surface area contributed by atoms with E-state index < -0.39 is 11.9 Å². The van der Waals surface area contributed by atoms with Crippen molar-refractivity contribution in [3.63, 3.8) is 0 Å². The monoisotopic (exact) mass is 388 g/mol. The molecule has 2 aliphatic rings. The second-order valence-corrected chi connectivity index (χ2v) is 7.52. The van der Waals surface area contributed by atoms with Crippen LogP contribution in [0.3, 0.4) is 0 Å². The molecule has 1 aromatic heterocycles. The van der Waals surface area contributed by atoms with Crippen LogP contribution in [0.25, 0.3) is 10.1 Å². The molecule has 3 atom stereocenters. The minimum absolute atomic E-state index is 0.0778. The molecule has 4 rings (SSSR count). The van der Waals surface area contributed by atoms with Gasteiger partial charge in [0.05, 0.1) is 0 Å². The summed E-state index contributed by atoms with van der Waals surface area (Å²) in [5.41, 5.74) is 0.785. The predicted octanol–water partition coefficient (Wildman–Crippen LogP) is 2.05. The Morgan fingerprint density at radius 2 is 1.85 bits per heavy atom. The van der Waals surface area contributed by atoms with Crippen molar-refractivity contribution >= 4 is 39.3 Å². The Kier molecular flexibility index (Phi) is 5.88. The van der Waals surface area contributed by atoms with E-state index in [1.54, 1.807) is 11.3 Å². The van der Waals surface area contributed by atoms with Crippen LogP contribution in [0.5, 0.6) is 0 Å². The van der Waals surface area contributed by atoms with Gasteiger partial charge in [-0.3, -0.25) is 4.79 Å². The predicted molar refractivity (Wildman–Crippen MR) is 102 cm³/mol. The van der Waals surface area contributed by atoms with E-state index in [4.69, 9.17) is 10.2 Å². The molecule has 0 spiro atoms. The van der Waals surface area contributed by atoms with Crippen molar-refractivity contribution in [3.8, 4) is 0 Å². The summed E-state index contributed by atoms with van der Waals surface area (Å²) in [7, 11) is 0. The molecule has 0 aliphatic carbocycles. The van der Waals surface area contributed by atoms with E-state index >= 15 is 0 Å². The summed E-state index contributed by atoms with van der Waals surface area (Å²) < 4.78 is 1.18. The van der Waals surface area contributed by atoms with Gasteiger partial charge in [0.15, 0.2) is 0 Å². The number of nitrogens with one attached hydrogen (secondary N) is 1. The molecule has 2 aromatic rings. The van der Waals surface area contributed by atoms with Gasteiger partial charge in [-0.2, -0.15) is 0 Å². The fourth-order valence-electron chi connectivity index (χ4n) is 3.44. The number of amides is 1. The van der Waals surface area contributed by atoms with Gasteiger partial charge < -0.3 is 20.4 Å². The van der Waals surface area contributed by atoms with Gasteiger partial charge in [0.1, 0.15) is 0 Å². The molecule has 2 fully saturated rings. The lowest BCUT2D eigenvalue weighted by Crippen LogP contribution is -2.43. The van der Waals surface area contributed by atoms with E-state index in [1.807, 2.05) is 18.2 Å². The highest BCUT2D eigenvalue weighted by atomic mass is 32.1. The third kappa shape index (κ3) is 4.93. The number of rotatable bonds is 4. The highest BCUT2D eigenvalue weighted by molar-refractivity contribution is 7.17. The van der Waals surface area contributed by atoms with Crippen molar-refractivity contribution in [1.29, 1.82) is 0 Å². The number of hydrogen-bond donors (Lipinski definition) is 3. The molecule has 0 saturated carbocycles. The first-order valence-corrected chi connectivity index (χ1v) is 9.45.